The molecule has 2 rings (SSSR count). The van der Waals surface area contributed by atoms with E-state index in [0.717, 1.165) is 32.1 Å². The van der Waals surface area contributed by atoms with Gasteiger partial charge in [0.2, 0.25) is 10.0 Å². The number of carbonyl (C=O) groups is 2. The monoisotopic (exact) mass is 396 g/mol. The Morgan fingerprint density at radius 2 is 1.85 bits per heavy atom. The number of benzene rings is 1. The molecule has 27 heavy (non-hydrogen) atoms. The number of rotatable bonds is 8. The molecule has 1 heterocycles. The fourth-order valence-corrected chi connectivity index (χ4v) is 4.70. The molecule has 0 saturated carbocycles. The number of unbranched alkanes of at least 4 members (excludes halogenated alkanes) is 1. The standard InChI is InChI=1S/C19H28N2O5S/c1-2-3-11-17(19(23)24)20-18(22)15-9-8-10-16(14-15)27(25,26)21-12-6-4-5-7-13-21/h8-10,14,17H,2-7,11-13H2,1H3,(H,20,22)(H,23,24)/t17-/m0/s1. The van der Waals surface area contributed by atoms with E-state index in [4.69, 9.17) is 0 Å². The van der Waals surface area contributed by atoms with Gasteiger partial charge in [-0.05, 0) is 37.5 Å². The van der Waals surface area contributed by atoms with Crippen LogP contribution in [0.4, 0.5) is 0 Å². The summed E-state index contributed by atoms with van der Waals surface area (Å²) in [5.74, 6) is -1.67. The Balaban J connectivity index is 2.18. The van der Waals surface area contributed by atoms with Crippen LogP contribution in [0.15, 0.2) is 29.2 Å². The van der Waals surface area contributed by atoms with Crippen molar-refractivity contribution in [2.24, 2.45) is 0 Å². The Hall–Kier alpha value is -1.93. The van der Waals surface area contributed by atoms with Gasteiger partial charge >= 0.3 is 5.97 Å². The molecule has 0 spiro atoms. The Labute approximate surface area is 160 Å². The quantitative estimate of drug-likeness (QED) is 0.703. The van der Waals surface area contributed by atoms with E-state index in [1.54, 1.807) is 0 Å². The lowest BCUT2D eigenvalue weighted by Crippen LogP contribution is -2.40. The van der Waals surface area contributed by atoms with E-state index in [0.29, 0.717) is 25.9 Å². The maximum absolute atomic E-state index is 12.9. The molecule has 150 valence electrons. The Morgan fingerprint density at radius 1 is 1.19 bits per heavy atom. The minimum absolute atomic E-state index is 0.0671. The summed E-state index contributed by atoms with van der Waals surface area (Å²) in [5, 5.41) is 11.7. The number of aliphatic carboxylic acids is 1. The molecule has 0 unspecified atom stereocenters. The van der Waals surface area contributed by atoms with E-state index in [1.165, 1.54) is 28.6 Å². The van der Waals surface area contributed by atoms with Crippen molar-refractivity contribution in [2.75, 3.05) is 13.1 Å². The molecule has 1 aromatic carbocycles. The minimum Gasteiger partial charge on any atom is -0.480 e. The van der Waals surface area contributed by atoms with Crippen molar-refractivity contribution in [1.82, 2.24) is 9.62 Å². The first-order chi connectivity index (χ1) is 12.9. The lowest BCUT2D eigenvalue weighted by atomic mass is 10.1. The molecule has 0 aromatic heterocycles. The predicted molar refractivity (Wildman–Crippen MR) is 102 cm³/mol. The fraction of sp³-hybridized carbons (Fsp3) is 0.579. The average Bonchev–Trinajstić information content (AvgIpc) is 2.95. The molecule has 1 fully saturated rings. The van der Waals surface area contributed by atoms with E-state index >= 15 is 0 Å². The van der Waals surface area contributed by atoms with Crippen LogP contribution in [-0.4, -0.2) is 48.8 Å². The zero-order valence-electron chi connectivity index (χ0n) is 15.7. The third-order valence-electron chi connectivity index (χ3n) is 4.75. The zero-order chi connectivity index (χ0) is 19.9. The largest absolute Gasteiger partial charge is 0.480 e. The van der Waals surface area contributed by atoms with Crippen molar-refractivity contribution in [1.29, 1.82) is 0 Å². The molecule has 1 atom stereocenters. The van der Waals surface area contributed by atoms with Crippen molar-refractivity contribution < 1.29 is 23.1 Å². The summed E-state index contributed by atoms with van der Waals surface area (Å²) in [6, 6.07) is 4.83. The molecule has 0 aliphatic carbocycles. The van der Waals surface area contributed by atoms with Gasteiger partial charge in [0.1, 0.15) is 6.04 Å². The van der Waals surface area contributed by atoms with E-state index in [9.17, 15) is 23.1 Å². The minimum atomic E-state index is -3.66. The molecule has 2 N–H and O–H groups in total. The van der Waals surface area contributed by atoms with Crippen LogP contribution in [0.1, 0.15) is 62.2 Å². The second-order valence-corrected chi connectivity index (χ2v) is 8.79. The maximum Gasteiger partial charge on any atom is 0.326 e. The lowest BCUT2D eigenvalue weighted by Gasteiger charge is -2.20. The van der Waals surface area contributed by atoms with Crippen LogP contribution in [0, 0.1) is 0 Å². The normalized spacial score (nSPS) is 17.1. The second-order valence-electron chi connectivity index (χ2n) is 6.85. The van der Waals surface area contributed by atoms with Gasteiger partial charge in [-0.25, -0.2) is 13.2 Å². The van der Waals surface area contributed by atoms with Gasteiger partial charge in [0.15, 0.2) is 0 Å². The highest BCUT2D eigenvalue weighted by Gasteiger charge is 2.26. The molecular formula is C19H28N2O5S. The molecule has 7 nitrogen and oxygen atoms in total. The van der Waals surface area contributed by atoms with Crippen molar-refractivity contribution in [3.05, 3.63) is 29.8 Å². The van der Waals surface area contributed by atoms with Crippen molar-refractivity contribution in [3.63, 3.8) is 0 Å². The maximum atomic E-state index is 12.9. The Kier molecular flexibility index (Phi) is 7.79. The fourth-order valence-electron chi connectivity index (χ4n) is 3.14. The van der Waals surface area contributed by atoms with E-state index < -0.39 is 27.9 Å². The second kappa shape index (κ2) is 9.85. The van der Waals surface area contributed by atoms with Crippen LogP contribution in [0.5, 0.6) is 0 Å². The van der Waals surface area contributed by atoms with Gasteiger partial charge in [-0.15, -0.1) is 0 Å². The Morgan fingerprint density at radius 3 is 2.44 bits per heavy atom. The third kappa shape index (κ3) is 5.77. The van der Waals surface area contributed by atoms with Crippen LogP contribution < -0.4 is 5.32 Å². The highest BCUT2D eigenvalue weighted by Crippen LogP contribution is 2.21. The summed E-state index contributed by atoms with van der Waals surface area (Å²) in [6.45, 7) is 2.91. The summed E-state index contributed by atoms with van der Waals surface area (Å²) in [6.07, 6.45) is 5.53. The molecule has 8 heteroatoms. The molecule has 0 bridgehead atoms. The SMILES string of the molecule is CCCC[C@H](NC(=O)c1cccc(S(=O)(=O)N2CCCCCC2)c1)C(=O)O. The van der Waals surface area contributed by atoms with Crippen molar-refractivity contribution >= 4 is 21.9 Å². The third-order valence-corrected chi connectivity index (χ3v) is 6.64. The summed E-state index contributed by atoms with van der Waals surface area (Å²) >= 11 is 0. The van der Waals surface area contributed by atoms with Gasteiger partial charge in [-0.1, -0.05) is 38.7 Å². The molecule has 1 aliphatic heterocycles. The molecular weight excluding hydrogens is 368 g/mol. The molecule has 1 saturated heterocycles. The number of carboxylic acid groups (broad SMARTS) is 1. The van der Waals surface area contributed by atoms with Gasteiger partial charge in [-0.3, -0.25) is 4.79 Å². The van der Waals surface area contributed by atoms with E-state index in [-0.39, 0.29) is 10.5 Å². The molecule has 1 aliphatic rings. The summed E-state index contributed by atoms with van der Waals surface area (Å²) in [7, 11) is -3.66. The zero-order valence-corrected chi connectivity index (χ0v) is 16.5. The number of carbonyl (C=O) groups excluding carboxylic acids is 1. The Bertz CT molecular complexity index is 755. The van der Waals surface area contributed by atoms with Gasteiger partial charge in [0.25, 0.3) is 5.91 Å². The summed E-state index contributed by atoms with van der Waals surface area (Å²) < 4.78 is 27.2. The number of sulfonamides is 1. The first-order valence-electron chi connectivity index (χ1n) is 9.50. The van der Waals surface area contributed by atoms with Gasteiger partial charge in [0, 0.05) is 18.7 Å². The number of nitrogens with zero attached hydrogens (tertiary/aromatic N) is 1. The molecule has 1 amide bonds. The first-order valence-corrected chi connectivity index (χ1v) is 10.9. The van der Waals surface area contributed by atoms with E-state index in [2.05, 4.69) is 5.32 Å². The predicted octanol–water partition coefficient (Wildman–Crippen LogP) is 2.62. The van der Waals surface area contributed by atoms with Gasteiger partial charge in [0.05, 0.1) is 4.90 Å². The number of amides is 1. The molecule has 1 aromatic rings. The number of hydrogen-bond acceptors (Lipinski definition) is 4. The number of carboxylic acids is 1. The highest BCUT2D eigenvalue weighted by molar-refractivity contribution is 7.89. The number of nitrogens with one attached hydrogen (secondary N) is 1. The van der Waals surface area contributed by atoms with Crippen LogP contribution in [0.3, 0.4) is 0 Å². The molecule has 0 radical (unpaired) electrons. The van der Waals surface area contributed by atoms with Crippen LogP contribution >= 0.6 is 0 Å². The van der Waals surface area contributed by atoms with Crippen LogP contribution in [0.2, 0.25) is 0 Å². The number of hydrogen-bond donors (Lipinski definition) is 2. The van der Waals surface area contributed by atoms with Gasteiger partial charge < -0.3 is 10.4 Å². The van der Waals surface area contributed by atoms with Crippen molar-refractivity contribution in [3.8, 4) is 0 Å². The van der Waals surface area contributed by atoms with E-state index in [1.807, 2.05) is 6.92 Å². The smallest absolute Gasteiger partial charge is 0.326 e. The van der Waals surface area contributed by atoms with Crippen LogP contribution in [0.25, 0.3) is 0 Å². The lowest BCUT2D eigenvalue weighted by molar-refractivity contribution is -0.139. The average molecular weight is 397 g/mol. The first kappa shape index (κ1) is 21.4. The van der Waals surface area contributed by atoms with Crippen LogP contribution in [-0.2, 0) is 14.8 Å². The van der Waals surface area contributed by atoms with Gasteiger partial charge in [-0.2, -0.15) is 4.31 Å². The highest BCUT2D eigenvalue weighted by atomic mass is 32.2. The van der Waals surface area contributed by atoms with Crippen molar-refractivity contribution in [2.45, 2.75) is 62.8 Å². The topological polar surface area (TPSA) is 104 Å². The summed E-state index contributed by atoms with van der Waals surface area (Å²) in [5.41, 5.74) is 0.147. The summed E-state index contributed by atoms with van der Waals surface area (Å²) in [4.78, 5) is 23.8.